The molecule has 7 nitrogen and oxygen atoms in total. The molecule has 2 saturated carbocycles. The number of carbonyl (C=O) groups excluding carboxylic acids is 1. The number of aliphatic carboxylic acids is 1. The molecule has 1 unspecified atom stereocenters. The van der Waals surface area contributed by atoms with Gasteiger partial charge in [0, 0.05) is 25.7 Å². The summed E-state index contributed by atoms with van der Waals surface area (Å²) in [5.74, 6) is 0.972. The molecule has 2 aromatic carbocycles. The number of likely N-dealkylation sites (tertiary alicyclic amines) is 2. The van der Waals surface area contributed by atoms with E-state index in [9.17, 15) is 14.7 Å². The van der Waals surface area contributed by atoms with Gasteiger partial charge in [0.1, 0.15) is 6.04 Å². The van der Waals surface area contributed by atoms with Crippen molar-refractivity contribution in [3.05, 3.63) is 71.8 Å². The number of urea groups is 1. The number of rotatable bonds is 9. The zero-order valence-electron chi connectivity index (χ0n) is 26.1. The highest BCUT2D eigenvalue weighted by Gasteiger charge is 2.38. The average Bonchev–Trinajstić information content (AvgIpc) is 3.75. The van der Waals surface area contributed by atoms with Crippen LogP contribution in [-0.4, -0.2) is 83.7 Å². The number of piperidine rings is 1. The van der Waals surface area contributed by atoms with Crippen molar-refractivity contribution < 1.29 is 14.7 Å². The molecule has 7 heteroatoms. The van der Waals surface area contributed by atoms with Gasteiger partial charge < -0.3 is 20.2 Å². The minimum Gasteiger partial charge on any atom is -0.480 e. The molecule has 234 valence electrons. The van der Waals surface area contributed by atoms with Gasteiger partial charge >= 0.3 is 12.0 Å². The van der Waals surface area contributed by atoms with Crippen LogP contribution in [0, 0.1) is 11.8 Å². The highest BCUT2D eigenvalue weighted by Crippen LogP contribution is 2.35. The Morgan fingerprint density at radius 2 is 1.51 bits per heavy atom. The summed E-state index contributed by atoms with van der Waals surface area (Å²) in [5.41, 5.74) is 2.51. The molecule has 4 fully saturated rings. The molecular formula is C36H52N4O3. The maximum absolute atomic E-state index is 12.7. The summed E-state index contributed by atoms with van der Waals surface area (Å²) in [6.07, 6.45) is 11.7. The van der Waals surface area contributed by atoms with Crippen LogP contribution in [0.5, 0.6) is 0 Å². The predicted octanol–water partition coefficient (Wildman–Crippen LogP) is 6.21. The zero-order valence-corrected chi connectivity index (χ0v) is 26.1. The molecule has 0 spiro atoms. The Morgan fingerprint density at radius 1 is 0.860 bits per heavy atom. The zero-order chi connectivity index (χ0) is 30.0. The van der Waals surface area contributed by atoms with Crippen molar-refractivity contribution in [2.45, 2.75) is 88.8 Å². The first kappa shape index (κ1) is 31.5. The van der Waals surface area contributed by atoms with E-state index in [1.54, 1.807) is 0 Å². The summed E-state index contributed by atoms with van der Waals surface area (Å²) < 4.78 is 0. The molecule has 2 saturated heterocycles. The fourth-order valence-corrected chi connectivity index (χ4v) is 7.30. The van der Waals surface area contributed by atoms with E-state index in [0.717, 1.165) is 76.3 Å². The van der Waals surface area contributed by atoms with Crippen molar-refractivity contribution in [2.75, 3.05) is 39.8 Å². The number of benzene rings is 2. The molecule has 2 aliphatic carbocycles. The first-order valence-electron chi connectivity index (χ1n) is 16.8. The molecule has 0 aromatic heterocycles. The number of nitrogens with one attached hydrogen (secondary N) is 1. The fraction of sp³-hybridized carbons (Fsp3) is 0.611. The van der Waals surface area contributed by atoms with Crippen LogP contribution in [0.3, 0.4) is 0 Å². The second kappa shape index (κ2) is 15.7. The number of amides is 2. The summed E-state index contributed by atoms with van der Waals surface area (Å²) in [6.45, 7) is 5.57. The van der Waals surface area contributed by atoms with E-state index in [1.165, 1.54) is 37.7 Å². The van der Waals surface area contributed by atoms with Crippen LogP contribution in [0.25, 0.3) is 0 Å². The second-order valence-electron chi connectivity index (χ2n) is 13.3. The van der Waals surface area contributed by atoms with Gasteiger partial charge in [-0.25, -0.2) is 4.79 Å². The Bertz CT molecular complexity index is 1130. The molecule has 2 amide bonds. The van der Waals surface area contributed by atoms with E-state index in [-0.39, 0.29) is 12.1 Å². The molecule has 2 heterocycles. The van der Waals surface area contributed by atoms with E-state index in [0.29, 0.717) is 24.4 Å². The average molecular weight is 589 g/mol. The van der Waals surface area contributed by atoms with Crippen LogP contribution in [0.4, 0.5) is 4.79 Å². The number of carboxylic acids is 1. The van der Waals surface area contributed by atoms with Crippen LogP contribution in [-0.2, 0) is 11.3 Å². The van der Waals surface area contributed by atoms with Crippen molar-refractivity contribution in [1.82, 2.24) is 20.0 Å². The lowest BCUT2D eigenvalue weighted by Crippen LogP contribution is -2.50. The Morgan fingerprint density at radius 3 is 2.14 bits per heavy atom. The van der Waals surface area contributed by atoms with Gasteiger partial charge in [-0.15, -0.1) is 0 Å². The van der Waals surface area contributed by atoms with Crippen molar-refractivity contribution in [3.63, 3.8) is 0 Å². The summed E-state index contributed by atoms with van der Waals surface area (Å²) in [5, 5.41) is 12.8. The van der Waals surface area contributed by atoms with Crippen LogP contribution in [0.2, 0.25) is 0 Å². The number of carboxylic acid groups (broad SMARTS) is 1. The number of nitrogens with zero attached hydrogens (tertiary/aromatic N) is 3. The Hall–Kier alpha value is -2.90. The molecule has 2 atom stereocenters. The molecule has 2 aliphatic heterocycles. The van der Waals surface area contributed by atoms with Gasteiger partial charge in [0.15, 0.2) is 0 Å². The predicted molar refractivity (Wildman–Crippen MR) is 172 cm³/mol. The van der Waals surface area contributed by atoms with Gasteiger partial charge in [-0.2, -0.15) is 0 Å². The minimum absolute atomic E-state index is 0.116. The van der Waals surface area contributed by atoms with E-state index < -0.39 is 5.97 Å². The molecule has 2 N–H and O–H groups in total. The van der Waals surface area contributed by atoms with Crippen molar-refractivity contribution in [2.24, 2.45) is 11.8 Å². The number of carbonyl (C=O) groups is 2. The summed E-state index contributed by atoms with van der Waals surface area (Å²) in [6, 6.07) is 20.9. The SMILES string of the molecule is CN1CCC(N(CC2CC2)C(=O)NCc2ccccc2)CC1.O=C(O)[C@@H](C1CCCCC1)N1CCC(c2ccccc2)C1. The van der Waals surface area contributed by atoms with E-state index in [1.807, 2.05) is 24.3 Å². The van der Waals surface area contributed by atoms with Gasteiger partial charge in [-0.1, -0.05) is 79.9 Å². The van der Waals surface area contributed by atoms with E-state index in [2.05, 4.69) is 63.5 Å². The van der Waals surface area contributed by atoms with Crippen LogP contribution in [0.1, 0.15) is 81.3 Å². The molecular weight excluding hydrogens is 536 g/mol. The number of hydrogen-bond acceptors (Lipinski definition) is 4. The minimum atomic E-state index is -0.615. The summed E-state index contributed by atoms with van der Waals surface area (Å²) >= 11 is 0. The largest absolute Gasteiger partial charge is 0.480 e. The third kappa shape index (κ3) is 9.29. The fourth-order valence-electron chi connectivity index (χ4n) is 7.30. The van der Waals surface area contributed by atoms with E-state index in [4.69, 9.17) is 0 Å². The first-order chi connectivity index (χ1) is 21.0. The van der Waals surface area contributed by atoms with E-state index >= 15 is 0 Å². The van der Waals surface area contributed by atoms with Crippen molar-refractivity contribution in [3.8, 4) is 0 Å². The van der Waals surface area contributed by atoms with Gasteiger partial charge in [-0.3, -0.25) is 9.69 Å². The summed E-state index contributed by atoms with van der Waals surface area (Å²) in [7, 11) is 2.16. The second-order valence-corrected chi connectivity index (χ2v) is 13.3. The third-order valence-corrected chi connectivity index (χ3v) is 10.1. The highest BCUT2D eigenvalue weighted by molar-refractivity contribution is 5.75. The standard InChI is InChI=1S/C18H27N3O.C18H25NO2/c1-20-11-9-17(10-12-20)21(14-16-7-8-16)18(22)19-13-15-5-3-2-4-6-15;20-18(21)17(15-9-5-2-6-10-15)19-12-11-16(13-19)14-7-3-1-4-8-14/h2-6,16-17H,7-14H2,1H3,(H,19,22);1,3-4,7-8,15-17H,2,5-6,9-13H2,(H,20,21)/t;16?,17-/m.1/s1. The Labute approximate surface area is 258 Å². The van der Waals surface area contributed by atoms with Crippen LogP contribution < -0.4 is 5.32 Å². The van der Waals surface area contributed by atoms with Gasteiger partial charge in [0.25, 0.3) is 0 Å². The lowest BCUT2D eigenvalue weighted by Gasteiger charge is -2.37. The smallest absolute Gasteiger partial charge is 0.321 e. The third-order valence-electron chi connectivity index (χ3n) is 10.1. The van der Waals surface area contributed by atoms with Crippen LogP contribution >= 0.6 is 0 Å². The Kier molecular flexibility index (Phi) is 11.5. The first-order valence-corrected chi connectivity index (χ1v) is 16.8. The Balaban J connectivity index is 0.000000171. The molecule has 4 aliphatic rings. The maximum Gasteiger partial charge on any atom is 0.321 e. The summed E-state index contributed by atoms with van der Waals surface area (Å²) in [4.78, 5) is 31.2. The molecule has 6 rings (SSSR count). The topological polar surface area (TPSA) is 76.1 Å². The lowest BCUT2D eigenvalue weighted by atomic mass is 9.83. The van der Waals surface area contributed by atoms with Gasteiger partial charge in [0.05, 0.1) is 0 Å². The molecule has 0 radical (unpaired) electrons. The maximum atomic E-state index is 12.7. The number of hydrogen-bond donors (Lipinski definition) is 2. The molecule has 43 heavy (non-hydrogen) atoms. The quantitative estimate of drug-likeness (QED) is 0.364. The molecule has 0 bridgehead atoms. The lowest BCUT2D eigenvalue weighted by molar-refractivity contribution is -0.145. The van der Waals surface area contributed by atoms with Gasteiger partial charge in [0.2, 0.25) is 0 Å². The monoisotopic (exact) mass is 588 g/mol. The normalized spacial score (nSPS) is 22.8. The molecule has 2 aromatic rings. The van der Waals surface area contributed by atoms with Gasteiger partial charge in [-0.05, 0) is 101 Å². The van der Waals surface area contributed by atoms with Crippen molar-refractivity contribution >= 4 is 12.0 Å². The van der Waals surface area contributed by atoms with Crippen molar-refractivity contribution in [1.29, 1.82) is 0 Å². The van der Waals surface area contributed by atoms with Crippen LogP contribution in [0.15, 0.2) is 60.7 Å². The highest BCUT2D eigenvalue weighted by atomic mass is 16.4.